The van der Waals surface area contributed by atoms with E-state index in [9.17, 15) is 0 Å². The minimum Gasteiger partial charge on any atom is -0.259 e. The maximum atomic E-state index is 4.68. The van der Waals surface area contributed by atoms with Crippen LogP contribution in [0, 0.1) is 0 Å². The van der Waals surface area contributed by atoms with Crippen molar-refractivity contribution in [2.45, 2.75) is 6.92 Å². The van der Waals surface area contributed by atoms with Crippen LogP contribution in [0.5, 0.6) is 0 Å². The van der Waals surface area contributed by atoms with E-state index in [4.69, 9.17) is 0 Å². The number of benzene rings is 4. The highest BCUT2D eigenvalue weighted by molar-refractivity contribution is 6.00. The van der Waals surface area contributed by atoms with Crippen molar-refractivity contribution in [3.63, 3.8) is 0 Å². The van der Waals surface area contributed by atoms with Gasteiger partial charge in [-0.25, -0.2) is 0 Å². The number of anilines is 1. The topological polar surface area (TPSA) is 50.2 Å². The zero-order chi connectivity index (χ0) is 23.2. The third-order valence-corrected chi connectivity index (χ3v) is 5.67. The Balaban J connectivity index is 1.73. The summed E-state index contributed by atoms with van der Waals surface area (Å²) in [6, 6.07) is 40.9. The van der Waals surface area contributed by atoms with E-state index in [1.807, 2.05) is 91.9 Å². The molecule has 0 saturated heterocycles. The molecule has 1 heterocycles. The lowest BCUT2D eigenvalue weighted by Gasteiger charge is -2.18. The van der Waals surface area contributed by atoms with Gasteiger partial charge in [-0.1, -0.05) is 121 Å². The highest BCUT2D eigenvalue weighted by Crippen LogP contribution is 2.41. The molecule has 164 valence electrons. The van der Waals surface area contributed by atoms with Crippen LogP contribution in [0.1, 0.15) is 12.5 Å². The molecule has 0 atom stereocenters. The summed E-state index contributed by atoms with van der Waals surface area (Å²) in [7, 11) is 0. The van der Waals surface area contributed by atoms with Crippen LogP contribution in [0.4, 0.5) is 5.82 Å². The Morgan fingerprint density at radius 2 is 1.03 bits per heavy atom. The van der Waals surface area contributed by atoms with Gasteiger partial charge in [0.1, 0.15) is 5.69 Å². The van der Waals surface area contributed by atoms with Gasteiger partial charge >= 0.3 is 0 Å². The summed E-state index contributed by atoms with van der Waals surface area (Å²) in [5.41, 5.74) is 11.1. The van der Waals surface area contributed by atoms with Crippen molar-refractivity contribution in [2.75, 3.05) is 5.43 Å². The van der Waals surface area contributed by atoms with Gasteiger partial charge < -0.3 is 0 Å². The third-order valence-electron chi connectivity index (χ3n) is 5.67. The molecule has 34 heavy (non-hydrogen) atoms. The lowest BCUT2D eigenvalue weighted by Crippen LogP contribution is -2.05. The third kappa shape index (κ3) is 4.48. The highest BCUT2D eigenvalue weighted by Gasteiger charge is 2.20. The first-order valence-corrected chi connectivity index (χ1v) is 11.2. The minimum atomic E-state index is 0.611. The first-order chi connectivity index (χ1) is 16.8. The Labute approximate surface area is 199 Å². The summed E-state index contributed by atoms with van der Waals surface area (Å²) in [5, 5.41) is 13.9. The second-order valence-corrected chi connectivity index (χ2v) is 7.92. The Morgan fingerprint density at radius 1 is 0.559 bits per heavy atom. The summed E-state index contributed by atoms with van der Waals surface area (Å²) in [5.74, 6) is 0.611. The molecule has 0 fully saturated rings. The maximum Gasteiger partial charge on any atom is 0.177 e. The Hall–Kier alpha value is -4.57. The van der Waals surface area contributed by atoms with Gasteiger partial charge in [-0.2, -0.15) is 5.10 Å². The van der Waals surface area contributed by atoms with E-state index in [1.165, 1.54) is 0 Å². The largest absolute Gasteiger partial charge is 0.259 e. The molecule has 0 amide bonds. The van der Waals surface area contributed by atoms with E-state index in [-0.39, 0.29) is 0 Å². The fraction of sp³-hybridized carbons (Fsp3) is 0.0333. The van der Waals surface area contributed by atoms with Crippen molar-refractivity contribution < 1.29 is 0 Å². The smallest absolute Gasteiger partial charge is 0.177 e. The van der Waals surface area contributed by atoms with Gasteiger partial charge in [-0.05, 0) is 23.6 Å². The average Bonchev–Trinajstić information content (AvgIpc) is 2.93. The minimum absolute atomic E-state index is 0.611. The van der Waals surface area contributed by atoms with Crippen molar-refractivity contribution in [2.24, 2.45) is 5.10 Å². The van der Waals surface area contributed by atoms with Crippen LogP contribution in [0.15, 0.2) is 126 Å². The number of aromatic nitrogens is 2. The van der Waals surface area contributed by atoms with Gasteiger partial charge in [0.15, 0.2) is 5.82 Å². The van der Waals surface area contributed by atoms with Gasteiger partial charge in [0.2, 0.25) is 0 Å². The Morgan fingerprint density at radius 3 is 1.59 bits per heavy atom. The number of hydrogen-bond acceptors (Lipinski definition) is 4. The second kappa shape index (κ2) is 9.92. The van der Waals surface area contributed by atoms with Crippen LogP contribution in [-0.4, -0.2) is 15.9 Å². The number of hydrogen-bond donors (Lipinski definition) is 1. The zero-order valence-corrected chi connectivity index (χ0v) is 18.9. The lowest BCUT2D eigenvalue weighted by atomic mass is 9.91. The summed E-state index contributed by atoms with van der Waals surface area (Å²) in [4.78, 5) is 0. The molecule has 4 nitrogen and oxygen atoms in total. The predicted octanol–water partition coefficient (Wildman–Crippen LogP) is 7.31. The summed E-state index contributed by atoms with van der Waals surface area (Å²) < 4.78 is 0. The molecule has 0 saturated carbocycles. The van der Waals surface area contributed by atoms with Crippen LogP contribution in [0.3, 0.4) is 0 Å². The monoisotopic (exact) mass is 440 g/mol. The fourth-order valence-corrected chi connectivity index (χ4v) is 3.97. The molecular formula is C30H24N4. The van der Waals surface area contributed by atoms with Gasteiger partial charge in [-0.15, -0.1) is 10.2 Å². The average molecular weight is 441 g/mol. The van der Waals surface area contributed by atoms with Gasteiger partial charge in [0.25, 0.3) is 0 Å². The first kappa shape index (κ1) is 21.3. The normalized spacial score (nSPS) is 11.3. The SMILES string of the molecule is C/C(=N\Nc1nnc(-c2ccccc2)c(-c2ccccc2)c1-c1ccccc1)c1ccccc1. The molecule has 0 spiro atoms. The van der Waals surface area contributed by atoms with E-state index in [0.717, 1.165) is 44.8 Å². The molecule has 0 bridgehead atoms. The number of nitrogens with one attached hydrogen (secondary N) is 1. The number of nitrogens with zero attached hydrogens (tertiary/aromatic N) is 3. The van der Waals surface area contributed by atoms with Gasteiger partial charge in [-0.3, -0.25) is 5.43 Å². The molecule has 0 aliphatic heterocycles. The number of rotatable bonds is 6. The Kier molecular flexibility index (Phi) is 6.21. The quantitative estimate of drug-likeness (QED) is 0.222. The number of hydrazone groups is 1. The molecule has 5 aromatic rings. The molecule has 1 N–H and O–H groups in total. The van der Waals surface area contributed by atoms with Crippen molar-refractivity contribution in [3.8, 4) is 33.5 Å². The Bertz CT molecular complexity index is 1400. The van der Waals surface area contributed by atoms with Crippen molar-refractivity contribution in [1.29, 1.82) is 0 Å². The predicted molar refractivity (Wildman–Crippen MR) is 141 cm³/mol. The van der Waals surface area contributed by atoms with Crippen molar-refractivity contribution in [1.82, 2.24) is 10.2 Å². The molecule has 0 radical (unpaired) electrons. The molecule has 4 aromatic carbocycles. The summed E-state index contributed by atoms with van der Waals surface area (Å²) >= 11 is 0. The van der Waals surface area contributed by atoms with Gasteiger partial charge in [0.05, 0.1) is 5.71 Å². The lowest BCUT2D eigenvalue weighted by molar-refractivity contribution is 1.03. The van der Waals surface area contributed by atoms with Gasteiger partial charge in [0, 0.05) is 16.7 Å². The zero-order valence-electron chi connectivity index (χ0n) is 18.9. The maximum absolute atomic E-state index is 4.68. The molecule has 1 aromatic heterocycles. The van der Waals surface area contributed by atoms with Crippen LogP contribution >= 0.6 is 0 Å². The molecular weight excluding hydrogens is 416 g/mol. The van der Waals surface area contributed by atoms with Crippen LogP contribution in [-0.2, 0) is 0 Å². The highest BCUT2D eigenvalue weighted by atomic mass is 15.3. The summed E-state index contributed by atoms with van der Waals surface area (Å²) in [6.07, 6.45) is 0. The van der Waals surface area contributed by atoms with E-state index < -0.39 is 0 Å². The van der Waals surface area contributed by atoms with Crippen molar-refractivity contribution in [3.05, 3.63) is 127 Å². The van der Waals surface area contributed by atoms with Crippen molar-refractivity contribution >= 4 is 11.5 Å². The van der Waals surface area contributed by atoms with E-state index in [1.54, 1.807) is 0 Å². The van der Waals surface area contributed by atoms with Crippen LogP contribution in [0.25, 0.3) is 33.5 Å². The van der Waals surface area contributed by atoms with Crippen LogP contribution < -0.4 is 5.43 Å². The molecule has 0 unspecified atom stereocenters. The van der Waals surface area contributed by atoms with Crippen LogP contribution in [0.2, 0.25) is 0 Å². The standard InChI is InChI=1S/C30H24N4/c1-22(23-14-6-2-7-15-23)31-33-30-28(25-18-10-4-11-19-25)27(24-16-8-3-9-17-24)29(32-34-30)26-20-12-5-13-21-26/h2-21H,1H3,(H,33,34)/b31-22+. The second-order valence-electron chi connectivity index (χ2n) is 7.92. The molecule has 0 aliphatic carbocycles. The molecule has 5 rings (SSSR count). The summed E-state index contributed by atoms with van der Waals surface area (Å²) in [6.45, 7) is 1.98. The van der Waals surface area contributed by atoms with E-state index in [2.05, 4.69) is 57.1 Å². The molecule has 4 heteroatoms. The first-order valence-electron chi connectivity index (χ1n) is 11.2. The van der Waals surface area contributed by atoms with E-state index in [0.29, 0.717) is 5.82 Å². The van der Waals surface area contributed by atoms with E-state index >= 15 is 0 Å². The molecule has 0 aliphatic rings. The fourth-order valence-electron chi connectivity index (χ4n) is 3.97.